The molecule has 0 bridgehead atoms. The third kappa shape index (κ3) is 3.96. The summed E-state index contributed by atoms with van der Waals surface area (Å²) in [6.07, 6.45) is 3.53. The van der Waals surface area contributed by atoms with Gasteiger partial charge in [-0.2, -0.15) is 0 Å². The number of carbonyl (C=O) groups is 2. The highest BCUT2D eigenvalue weighted by molar-refractivity contribution is 6.05. The third-order valence-corrected chi connectivity index (χ3v) is 5.89. The van der Waals surface area contributed by atoms with Crippen LogP contribution in [0.5, 0.6) is 0 Å². The fraction of sp³-hybridized carbons (Fsp3) is 0.391. The first-order valence-corrected chi connectivity index (χ1v) is 9.89. The van der Waals surface area contributed by atoms with Gasteiger partial charge in [-0.25, -0.2) is 0 Å². The van der Waals surface area contributed by atoms with Gasteiger partial charge in [0.2, 0.25) is 11.8 Å². The molecule has 1 saturated carbocycles. The van der Waals surface area contributed by atoms with Crippen LogP contribution in [0.15, 0.2) is 60.7 Å². The molecule has 0 radical (unpaired) electrons. The monoisotopic (exact) mass is 362 g/mol. The van der Waals surface area contributed by atoms with Gasteiger partial charge in [0.25, 0.3) is 0 Å². The molecule has 0 aromatic heterocycles. The van der Waals surface area contributed by atoms with Crippen molar-refractivity contribution in [3.8, 4) is 0 Å². The fourth-order valence-corrected chi connectivity index (χ4v) is 4.42. The van der Waals surface area contributed by atoms with Crippen LogP contribution in [0.3, 0.4) is 0 Å². The van der Waals surface area contributed by atoms with Crippen molar-refractivity contribution in [3.05, 3.63) is 71.8 Å². The van der Waals surface area contributed by atoms with E-state index in [1.165, 1.54) is 10.5 Å². The van der Waals surface area contributed by atoms with E-state index in [1.54, 1.807) is 0 Å². The first kappa shape index (κ1) is 17.9. The van der Waals surface area contributed by atoms with Crippen LogP contribution < -0.4 is 5.32 Å². The van der Waals surface area contributed by atoms with Crippen molar-refractivity contribution in [2.75, 3.05) is 6.54 Å². The number of carbonyl (C=O) groups excluding carboxylic acids is 2. The van der Waals surface area contributed by atoms with Crippen LogP contribution in [0.2, 0.25) is 0 Å². The van der Waals surface area contributed by atoms with Gasteiger partial charge in [0.05, 0.1) is 18.4 Å². The van der Waals surface area contributed by atoms with Gasteiger partial charge in [0.15, 0.2) is 0 Å². The zero-order valence-electron chi connectivity index (χ0n) is 15.5. The first-order chi connectivity index (χ1) is 13.2. The number of benzene rings is 2. The van der Waals surface area contributed by atoms with Crippen molar-refractivity contribution in [1.29, 1.82) is 0 Å². The molecule has 4 rings (SSSR count). The number of nitrogens with zero attached hydrogens (tertiary/aromatic N) is 1. The molecule has 2 aromatic rings. The smallest absolute Gasteiger partial charge is 0.233 e. The Kier molecular flexibility index (Phi) is 5.35. The van der Waals surface area contributed by atoms with E-state index in [9.17, 15) is 9.59 Å². The van der Waals surface area contributed by atoms with Crippen LogP contribution in [0.4, 0.5) is 0 Å². The molecule has 4 nitrogen and oxygen atoms in total. The first-order valence-electron chi connectivity index (χ1n) is 9.89. The average molecular weight is 362 g/mol. The second-order valence-electron chi connectivity index (χ2n) is 7.66. The lowest BCUT2D eigenvalue weighted by Crippen LogP contribution is -2.39. The molecule has 2 aliphatic rings. The Bertz CT molecular complexity index is 791. The summed E-state index contributed by atoms with van der Waals surface area (Å²) in [7, 11) is 0. The van der Waals surface area contributed by atoms with Gasteiger partial charge in [-0.15, -0.1) is 0 Å². The lowest BCUT2D eigenvalue weighted by Gasteiger charge is -2.29. The Labute approximate surface area is 160 Å². The molecule has 1 aliphatic carbocycles. The minimum Gasteiger partial charge on any atom is -0.314 e. The zero-order chi connectivity index (χ0) is 18.6. The highest BCUT2D eigenvalue weighted by Gasteiger charge is 2.49. The number of imide groups is 1. The molecular weight excluding hydrogens is 336 g/mol. The molecule has 1 heterocycles. The van der Waals surface area contributed by atoms with Gasteiger partial charge in [-0.05, 0) is 43.4 Å². The summed E-state index contributed by atoms with van der Waals surface area (Å²) in [6.45, 7) is 1.31. The van der Waals surface area contributed by atoms with Crippen molar-refractivity contribution >= 4 is 11.8 Å². The summed E-state index contributed by atoms with van der Waals surface area (Å²) < 4.78 is 0. The largest absolute Gasteiger partial charge is 0.314 e. The second-order valence-corrected chi connectivity index (χ2v) is 7.66. The SMILES string of the molecule is O=C1C2CCC(NCCc3ccccc3)CC2C(=O)N1Cc1ccccc1. The van der Waals surface area contributed by atoms with Gasteiger partial charge in [0, 0.05) is 6.04 Å². The molecule has 2 amide bonds. The standard InChI is InChI=1S/C23H26N2O2/c26-22-20-12-11-19(24-14-13-17-7-3-1-4-8-17)15-21(20)23(27)25(22)16-18-9-5-2-6-10-18/h1-10,19-21,24H,11-16H2. The maximum atomic E-state index is 12.9. The molecule has 3 unspecified atom stereocenters. The molecular formula is C23H26N2O2. The summed E-state index contributed by atoms with van der Waals surface area (Å²) in [5, 5.41) is 3.60. The van der Waals surface area contributed by atoms with Gasteiger partial charge >= 0.3 is 0 Å². The van der Waals surface area contributed by atoms with Crippen molar-refractivity contribution in [3.63, 3.8) is 0 Å². The fourth-order valence-electron chi connectivity index (χ4n) is 4.42. The number of hydrogen-bond acceptors (Lipinski definition) is 3. The maximum absolute atomic E-state index is 12.9. The van der Waals surface area contributed by atoms with E-state index in [0.717, 1.165) is 37.8 Å². The molecule has 2 fully saturated rings. The summed E-state index contributed by atoms with van der Waals surface area (Å²) in [5.41, 5.74) is 2.33. The van der Waals surface area contributed by atoms with Gasteiger partial charge in [-0.1, -0.05) is 60.7 Å². The van der Waals surface area contributed by atoms with E-state index in [2.05, 4.69) is 29.6 Å². The van der Waals surface area contributed by atoms with Crippen molar-refractivity contribution in [2.24, 2.45) is 11.8 Å². The van der Waals surface area contributed by atoms with Gasteiger partial charge in [-0.3, -0.25) is 14.5 Å². The van der Waals surface area contributed by atoms with E-state index in [1.807, 2.05) is 36.4 Å². The second kappa shape index (κ2) is 8.05. The molecule has 1 aliphatic heterocycles. The number of fused-ring (bicyclic) bond motifs is 1. The van der Waals surface area contributed by atoms with Crippen molar-refractivity contribution in [1.82, 2.24) is 10.2 Å². The summed E-state index contributed by atoms with van der Waals surface area (Å²) >= 11 is 0. The molecule has 2 aromatic carbocycles. The Morgan fingerprint density at radius 1 is 0.815 bits per heavy atom. The van der Waals surface area contributed by atoms with Gasteiger partial charge in [0.1, 0.15) is 0 Å². The van der Waals surface area contributed by atoms with Crippen molar-refractivity contribution in [2.45, 2.75) is 38.3 Å². The summed E-state index contributed by atoms with van der Waals surface area (Å²) in [6, 6.07) is 20.5. The van der Waals surface area contributed by atoms with Crippen molar-refractivity contribution < 1.29 is 9.59 Å². The number of nitrogens with one attached hydrogen (secondary N) is 1. The van der Waals surface area contributed by atoms with Crippen LogP contribution in [0, 0.1) is 11.8 Å². The summed E-state index contributed by atoms with van der Waals surface area (Å²) in [5.74, 6) is -0.224. The summed E-state index contributed by atoms with van der Waals surface area (Å²) in [4.78, 5) is 27.1. The number of likely N-dealkylation sites (tertiary alicyclic amines) is 1. The Balaban J connectivity index is 1.33. The molecule has 0 spiro atoms. The Morgan fingerprint density at radius 3 is 2.15 bits per heavy atom. The number of rotatable bonds is 6. The van der Waals surface area contributed by atoms with Crippen LogP contribution in [-0.2, 0) is 22.6 Å². The quantitative estimate of drug-likeness (QED) is 0.803. The van der Waals surface area contributed by atoms with Crippen LogP contribution in [-0.4, -0.2) is 29.3 Å². The zero-order valence-corrected chi connectivity index (χ0v) is 15.5. The van der Waals surface area contributed by atoms with E-state index in [0.29, 0.717) is 12.6 Å². The van der Waals surface area contributed by atoms with Crippen LogP contribution in [0.1, 0.15) is 30.4 Å². The van der Waals surface area contributed by atoms with Crippen LogP contribution >= 0.6 is 0 Å². The molecule has 4 heteroatoms. The highest BCUT2D eigenvalue weighted by atomic mass is 16.2. The Morgan fingerprint density at radius 2 is 1.44 bits per heavy atom. The normalized spacial score (nSPS) is 24.9. The van der Waals surface area contributed by atoms with E-state index < -0.39 is 0 Å². The minimum absolute atomic E-state index is 0.0170. The average Bonchev–Trinajstić information content (AvgIpc) is 2.94. The molecule has 1 saturated heterocycles. The predicted molar refractivity (Wildman–Crippen MR) is 105 cm³/mol. The topological polar surface area (TPSA) is 49.4 Å². The third-order valence-electron chi connectivity index (χ3n) is 5.89. The molecule has 27 heavy (non-hydrogen) atoms. The Hall–Kier alpha value is -2.46. The molecule has 140 valence electrons. The van der Waals surface area contributed by atoms with E-state index in [4.69, 9.17) is 0 Å². The minimum atomic E-state index is -0.149. The number of hydrogen-bond donors (Lipinski definition) is 1. The predicted octanol–water partition coefficient (Wildman–Crippen LogP) is 3.17. The maximum Gasteiger partial charge on any atom is 0.233 e. The van der Waals surface area contributed by atoms with E-state index >= 15 is 0 Å². The lowest BCUT2D eigenvalue weighted by molar-refractivity contribution is -0.140. The van der Waals surface area contributed by atoms with E-state index in [-0.39, 0.29) is 23.7 Å². The lowest BCUT2D eigenvalue weighted by atomic mass is 9.78. The van der Waals surface area contributed by atoms with Crippen LogP contribution in [0.25, 0.3) is 0 Å². The highest BCUT2D eigenvalue weighted by Crippen LogP contribution is 2.38. The van der Waals surface area contributed by atoms with Gasteiger partial charge < -0.3 is 5.32 Å². The number of amides is 2. The molecule has 3 atom stereocenters. The molecule has 1 N–H and O–H groups in total.